The topological polar surface area (TPSA) is 37.8 Å². The normalized spacial score (nSPS) is 14.6. The lowest BCUT2D eigenvalue weighted by Crippen LogP contribution is -2.39. The van der Waals surface area contributed by atoms with Crippen LogP contribution in [0.5, 0.6) is 0 Å². The van der Waals surface area contributed by atoms with E-state index in [0.29, 0.717) is 10.9 Å². The summed E-state index contributed by atoms with van der Waals surface area (Å²) in [7, 11) is 0. The standard InChI is InChI=1S/C11H10ClN3.2ClH/c12-10-2-7-1-8(9-3-13-4-9)5-14-11(7)15-6-10;;/h1-2,5-6,9,13H,3-4H2;2*1H. The second-order valence-electron chi connectivity index (χ2n) is 3.82. The molecular weight excluding hydrogens is 281 g/mol. The first-order valence-electron chi connectivity index (χ1n) is 4.95. The molecular formula is C11H12Cl3N3. The largest absolute Gasteiger partial charge is 0.315 e. The van der Waals surface area contributed by atoms with Crippen LogP contribution in [-0.2, 0) is 0 Å². The van der Waals surface area contributed by atoms with Crippen molar-refractivity contribution in [2.75, 3.05) is 13.1 Å². The van der Waals surface area contributed by atoms with Crippen molar-refractivity contribution in [1.82, 2.24) is 15.3 Å². The number of nitrogens with one attached hydrogen (secondary N) is 1. The van der Waals surface area contributed by atoms with E-state index >= 15 is 0 Å². The predicted octanol–water partition coefficient (Wildman–Crippen LogP) is 2.81. The first-order valence-corrected chi connectivity index (χ1v) is 5.32. The van der Waals surface area contributed by atoms with Gasteiger partial charge >= 0.3 is 0 Å². The number of nitrogens with zero attached hydrogens (tertiary/aromatic N) is 2. The summed E-state index contributed by atoms with van der Waals surface area (Å²) in [5.41, 5.74) is 2.03. The average molecular weight is 293 g/mol. The van der Waals surface area contributed by atoms with Gasteiger partial charge in [-0.1, -0.05) is 11.6 Å². The van der Waals surface area contributed by atoms with Crippen LogP contribution in [0, 0.1) is 0 Å². The third-order valence-electron chi connectivity index (χ3n) is 2.77. The van der Waals surface area contributed by atoms with Gasteiger partial charge in [0.25, 0.3) is 0 Å². The lowest BCUT2D eigenvalue weighted by molar-refractivity contribution is 0.448. The molecule has 1 aliphatic rings. The SMILES string of the molecule is Cl.Cl.Clc1cnc2ncc(C3CNC3)cc2c1. The monoisotopic (exact) mass is 291 g/mol. The number of hydrogen-bond donors (Lipinski definition) is 1. The molecule has 6 heteroatoms. The third-order valence-corrected chi connectivity index (χ3v) is 2.98. The molecule has 1 aliphatic heterocycles. The first-order chi connectivity index (χ1) is 7.33. The molecule has 2 aromatic heterocycles. The molecule has 2 aromatic rings. The lowest BCUT2D eigenvalue weighted by atomic mass is 9.95. The molecule has 1 N–H and O–H groups in total. The Labute approximate surface area is 117 Å². The summed E-state index contributed by atoms with van der Waals surface area (Å²) in [5.74, 6) is 0.598. The van der Waals surface area contributed by atoms with Crippen molar-refractivity contribution in [2.45, 2.75) is 5.92 Å². The molecule has 92 valence electrons. The highest BCUT2D eigenvalue weighted by Crippen LogP contribution is 2.23. The van der Waals surface area contributed by atoms with Crippen LogP contribution in [-0.4, -0.2) is 23.1 Å². The molecule has 0 amide bonds. The van der Waals surface area contributed by atoms with E-state index in [2.05, 4.69) is 21.4 Å². The Kier molecular flexibility index (Phi) is 4.95. The Morgan fingerprint density at radius 2 is 1.82 bits per heavy atom. The zero-order valence-corrected chi connectivity index (χ0v) is 11.3. The fraction of sp³-hybridized carbons (Fsp3) is 0.273. The van der Waals surface area contributed by atoms with Crippen molar-refractivity contribution in [3.8, 4) is 0 Å². The Morgan fingerprint density at radius 3 is 2.47 bits per heavy atom. The lowest BCUT2D eigenvalue weighted by Gasteiger charge is -2.27. The summed E-state index contributed by atoms with van der Waals surface area (Å²) in [6, 6.07) is 4.04. The van der Waals surface area contributed by atoms with Crippen LogP contribution in [0.15, 0.2) is 24.5 Å². The molecule has 0 bridgehead atoms. The molecule has 0 saturated carbocycles. The summed E-state index contributed by atoms with van der Waals surface area (Å²) in [6.07, 6.45) is 3.54. The van der Waals surface area contributed by atoms with E-state index < -0.39 is 0 Å². The molecule has 0 radical (unpaired) electrons. The van der Waals surface area contributed by atoms with Crippen molar-refractivity contribution >= 4 is 47.4 Å². The maximum atomic E-state index is 5.90. The van der Waals surface area contributed by atoms with Crippen molar-refractivity contribution < 1.29 is 0 Å². The third kappa shape index (κ3) is 2.80. The highest BCUT2D eigenvalue weighted by Gasteiger charge is 2.19. The molecule has 3 nitrogen and oxygen atoms in total. The number of aromatic nitrogens is 2. The second kappa shape index (κ2) is 5.83. The van der Waals surface area contributed by atoms with Crippen LogP contribution in [0.4, 0.5) is 0 Å². The molecule has 0 aromatic carbocycles. The molecule has 0 aliphatic carbocycles. The average Bonchev–Trinajstić information content (AvgIpc) is 2.14. The van der Waals surface area contributed by atoms with E-state index in [9.17, 15) is 0 Å². The fourth-order valence-electron chi connectivity index (χ4n) is 1.76. The Morgan fingerprint density at radius 1 is 1.12 bits per heavy atom. The van der Waals surface area contributed by atoms with E-state index in [0.717, 1.165) is 24.1 Å². The van der Waals surface area contributed by atoms with Gasteiger partial charge in [0.15, 0.2) is 5.65 Å². The Hall–Kier alpha value is -0.610. The van der Waals surface area contributed by atoms with Crippen molar-refractivity contribution in [3.63, 3.8) is 0 Å². The number of halogens is 3. The van der Waals surface area contributed by atoms with Crippen LogP contribution < -0.4 is 5.32 Å². The molecule has 17 heavy (non-hydrogen) atoms. The molecule has 0 atom stereocenters. The van der Waals surface area contributed by atoms with Crippen LogP contribution >= 0.6 is 36.4 Å². The van der Waals surface area contributed by atoms with Gasteiger partial charge in [-0.05, 0) is 17.7 Å². The second-order valence-corrected chi connectivity index (χ2v) is 4.26. The van der Waals surface area contributed by atoms with Gasteiger partial charge < -0.3 is 5.32 Å². The predicted molar refractivity (Wildman–Crippen MR) is 74.7 cm³/mol. The maximum absolute atomic E-state index is 5.90. The van der Waals surface area contributed by atoms with Gasteiger partial charge in [0, 0.05) is 36.8 Å². The van der Waals surface area contributed by atoms with Gasteiger partial charge in [0.2, 0.25) is 0 Å². The zero-order valence-electron chi connectivity index (χ0n) is 8.89. The summed E-state index contributed by atoms with van der Waals surface area (Å²) < 4.78 is 0. The van der Waals surface area contributed by atoms with Crippen LogP contribution in [0.1, 0.15) is 11.5 Å². The molecule has 1 saturated heterocycles. The molecule has 1 fully saturated rings. The van der Waals surface area contributed by atoms with E-state index in [1.54, 1.807) is 6.20 Å². The van der Waals surface area contributed by atoms with E-state index in [-0.39, 0.29) is 24.8 Å². The quantitative estimate of drug-likeness (QED) is 0.878. The van der Waals surface area contributed by atoms with Crippen molar-refractivity contribution in [2.24, 2.45) is 0 Å². The van der Waals surface area contributed by atoms with Gasteiger partial charge in [0.05, 0.1) is 5.02 Å². The van der Waals surface area contributed by atoms with Crippen LogP contribution in [0.25, 0.3) is 11.0 Å². The Balaban J connectivity index is 0.000000722. The Bertz CT molecular complexity index is 514. The number of rotatable bonds is 1. The fourth-order valence-corrected chi connectivity index (χ4v) is 1.93. The number of pyridine rings is 2. The molecule has 0 unspecified atom stereocenters. The van der Waals surface area contributed by atoms with Crippen molar-refractivity contribution in [3.05, 3.63) is 35.1 Å². The minimum atomic E-state index is 0. The van der Waals surface area contributed by atoms with Gasteiger partial charge in [-0.3, -0.25) is 0 Å². The molecule has 0 spiro atoms. The summed E-state index contributed by atoms with van der Waals surface area (Å²) in [5, 5.41) is 4.93. The van der Waals surface area contributed by atoms with Gasteiger partial charge in [0.1, 0.15) is 0 Å². The molecule has 3 heterocycles. The van der Waals surface area contributed by atoms with E-state index in [4.69, 9.17) is 11.6 Å². The summed E-state index contributed by atoms with van der Waals surface area (Å²) in [6.45, 7) is 2.09. The van der Waals surface area contributed by atoms with Gasteiger partial charge in [-0.25, -0.2) is 9.97 Å². The zero-order chi connectivity index (χ0) is 10.3. The van der Waals surface area contributed by atoms with Crippen LogP contribution in [0.2, 0.25) is 5.02 Å². The highest BCUT2D eigenvalue weighted by atomic mass is 35.5. The van der Waals surface area contributed by atoms with Gasteiger partial charge in [-0.15, -0.1) is 24.8 Å². The first kappa shape index (κ1) is 14.5. The van der Waals surface area contributed by atoms with Gasteiger partial charge in [-0.2, -0.15) is 0 Å². The smallest absolute Gasteiger partial charge is 0.159 e. The summed E-state index contributed by atoms with van der Waals surface area (Å²) in [4.78, 5) is 8.49. The number of hydrogen-bond acceptors (Lipinski definition) is 3. The number of fused-ring (bicyclic) bond motifs is 1. The summed E-state index contributed by atoms with van der Waals surface area (Å²) >= 11 is 5.90. The maximum Gasteiger partial charge on any atom is 0.159 e. The molecule has 3 rings (SSSR count). The van der Waals surface area contributed by atoms with E-state index in [1.807, 2.05) is 12.3 Å². The minimum Gasteiger partial charge on any atom is -0.315 e. The minimum absolute atomic E-state index is 0. The van der Waals surface area contributed by atoms with Crippen molar-refractivity contribution in [1.29, 1.82) is 0 Å². The highest BCUT2D eigenvalue weighted by molar-refractivity contribution is 6.31. The van der Waals surface area contributed by atoms with Crippen LogP contribution in [0.3, 0.4) is 0 Å². The van der Waals surface area contributed by atoms with E-state index in [1.165, 1.54) is 5.56 Å².